The molecule has 1 aliphatic heterocycles. The molecule has 2 radical (unpaired) electrons. The second-order valence-corrected chi connectivity index (χ2v) is 5.90. The predicted molar refractivity (Wildman–Crippen MR) is 118 cm³/mol. The summed E-state index contributed by atoms with van der Waals surface area (Å²) in [6.07, 6.45) is 12.5. The van der Waals surface area contributed by atoms with E-state index in [0.717, 1.165) is 25.8 Å². The third-order valence-corrected chi connectivity index (χ3v) is 3.84. The summed E-state index contributed by atoms with van der Waals surface area (Å²) in [5, 5.41) is 0. The molecule has 0 saturated carbocycles. The van der Waals surface area contributed by atoms with Gasteiger partial charge in [-0.05, 0) is 31.5 Å². The number of allylic oxidation sites excluding steroid dienone is 2. The SMILES string of the molecule is CC1Cc2ccccc2CN1C.[CH2-]C=CC[CH-]C.[CH2-]CC[CH-]C.[CH3-].[CH3-].[V].[V]. The van der Waals surface area contributed by atoms with Crippen molar-refractivity contribution in [2.45, 2.75) is 59.0 Å². The van der Waals surface area contributed by atoms with E-state index in [4.69, 9.17) is 0 Å². The number of hydrogen-bond donors (Lipinski definition) is 0. The maximum absolute atomic E-state index is 3.64. The van der Waals surface area contributed by atoms with Crippen LogP contribution in [-0.4, -0.2) is 18.0 Å². The molecule has 1 unspecified atom stereocenters. The van der Waals surface area contributed by atoms with E-state index in [1.54, 1.807) is 6.08 Å². The Kier molecular flexibility index (Phi) is 36.2. The van der Waals surface area contributed by atoms with Crippen LogP contribution in [0.15, 0.2) is 36.4 Å². The van der Waals surface area contributed by atoms with Crippen molar-refractivity contribution in [3.05, 3.63) is 89.1 Å². The van der Waals surface area contributed by atoms with E-state index in [-0.39, 0.29) is 52.0 Å². The van der Waals surface area contributed by atoms with Crippen molar-refractivity contribution in [2.24, 2.45) is 0 Å². The van der Waals surface area contributed by atoms with Gasteiger partial charge >= 0.3 is 0 Å². The molecule has 0 amide bonds. The van der Waals surface area contributed by atoms with Gasteiger partial charge in [0.05, 0.1) is 0 Å². The Hall–Kier alpha value is -0.0412. The van der Waals surface area contributed by atoms with Crippen molar-refractivity contribution in [2.75, 3.05) is 7.05 Å². The molecule has 0 bridgehead atoms. The van der Waals surface area contributed by atoms with Crippen molar-refractivity contribution in [1.29, 1.82) is 0 Å². The Balaban J connectivity index is -0.0000000943. The van der Waals surface area contributed by atoms with Crippen molar-refractivity contribution < 1.29 is 37.1 Å². The van der Waals surface area contributed by atoms with E-state index in [2.05, 4.69) is 69.8 Å². The summed E-state index contributed by atoms with van der Waals surface area (Å²) in [7, 11) is 2.20. The van der Waals surface area contributed by atoms with Crippen LogP contribution in [0.2, 0.25) is 0 Å². The minimum absolute atomic E-state index is 0. The first-order valence-corrected chi connectivity index (χ1v) is 8.66. The Morgan fingerprint density at radius 2 is 1.67 bits per heavy atom. The molecule has 0 aliphatic carbocycles. The average molecular weight is 445 g/mol. The molecule has 2 rings (SSSR count). The fraction of sp³-hybridized carbons (Fsp3) is 0.417. The summed E-state index contributed by atoms with van der Waals surface area (Å²) in [6.45, 7) is 14.6. The van der Waals surface area contributed by atoms with Crippen LogP contribution in [0.5, 0.6) is 0 Å². The van der Waals surface area contributed by atoms with E-state index < -0.39 is 0 Å². The largest absolute Gasteiger partial charge is 0.358 e. The monoisotopic (exact) mass is 445 g/mol. The third kappa shape index (κ3) is 19.1. The van der Waals surface area contributed by atoms with Crippen LogP contribution in [0.1, 0.15) is 51.2 Å². The summed E-state index contributed by atoms with van der Waals surface area (Å²) in [5.74, 6) is 0. The first kappa shape index (κ1) is 37.7. The van der Waals surface area contributed by atoms with E-state index >= 15 is 0 Å². The maximum Gasteiger partial charge on any atom is 0.0236 e. The zero-order valence-electron chi connectivity index (χ0n) is 18.5. The quantitative estimate of drug-likeness (QED) is 0.462. The minimum atomic E-state index is 0. The number of nitrogens with zero attached hydrogens (tertiary/aromatic N) is 1. The Labute approximate surface area is 196 Å². The van der Waals surface area contributed by atoms with E-state index in [1.807, 2.05) is 19.9 Å². The molecule has 1 atom stereocenters. The van der Waals surface area contributed by atoms with Gasteiger partial charge in [-0.25, -0.2) is 32.3 Å². The number of fused-ring (bicyclic) bond motifs is 1. The van der Waals surface area contributed by atoms with Crippen molar-refractivity contribution >= 4 is 0 Å². The number of unbranched alkanes of at least 4 members (excludes halogenated alkanes) is 3. The van der Waals surface area contributed by atoms with Gasteiger partial charge < -0.3 is 34.6 Å². The number of likely N-dealkylation sites (N-methyl/N-ethyl adjacent to an activating group) is 1. The van der Waals surface area contributed by atoms with Gasteiger partial charge in [0.1, 0.15) is 0 Å². The molecule has 1 nitrogen and oxygen atoms in total. The van der Waals surface area contributed by atoms with Crippen LogP contribution >= 0.6 is 0 Å². The Morgan fingerprint density at radius 3 is 2.04 bits per heavy atom. The van der Waals surface area contributed by atoms with Crippen molar-refractivity contribution in [3.8, 4) is 0 Å². The van der Waals surface area contributed by atoms with Crippen LogP contribution in [0.25, 0.3) is 0 Å². The predicted octanol–water partition coefficient (Wildman–Crippen LogP) is 6.77. The van der Waals surface area contributed by atoms with Gasteiger partial charge in [-0.15, -0.1) is 0 Å². The molecular formula is C24H41NV2-6. The fourth-order valence-corrected chi connectivity index (χ4v) is 2.25. The molecule has 158 valence electrons. The zero-order valence-corrected chi connectivity index (χ0v) is 21.3. The minimum Gasteiger partial charge on any atom is -0.358 e. The average Bonchev–Trinajstić information content (AvgIpc) is 2.56. The fourth-order valence-electron chi connectivity index (χ4n) is 2.25. The van der Waals surface area contributed by atoms with Crippen molar-refractivity contribution in [1.82, 2.24) is 4.90 Å². The van der Waals surface area contributed by atoms with Gasteiger partial charge in [-0.2, -0.15) is 13.8 Å². The second-order valence-electron chi connectivity index (χ2n) is 5.90. The van der Waals surface area contributed by atoms with Crippen molar-refractivity contribution in [3.63, 3.8) is 0 Å². The molecule has 3 heteroatoms. The number of benzene rings is 1. The molecule has 0 fully saturated rings. The summed E-state index contributed by atoms with van der Waals surface area (Å²) in [5.41, 5.74) is 3.03. The van der Waals surface area contributed by atoms with Gasteiger partial charge in [0.15, 0.2) is 0 Å². The summed E-state index contributed by atoms with van der Waals surface area (Å²) in [4.78, 5) is 2.41. The summed E-state index contributed by atoms with van der Waals surface area (Å²) in [6, 6.07) is 9.44. The van der Waals surface area contributed by atoms with Gasteiger partial charge in [-0.1, -0.05) is 24.3 Å². The molecule has 27 heavy (non-hydrogen) atoms. The normalized spacial score (nSPS) is 14.3. The zero-order chi connectivity index (χ0) is 17.5. The third-order valence-electron chi connectivity index (χ3n) is 3.84. The summed E-state index contributed by atoms with van der Waals surface area (Å²) < 4.78 is 0. The Morgan fingerprint density at radius 1 is 1.11 bits per heavy atom. The number of rotatable bonds is 4. The molecule has 1 aromatic rings. The van der Waals surface area contributed by atoms with Crippen LogP contribution in [0.4, 0.5) is 0 Å². The molecule has 0 saturated heterocycles. The second kappa shape index (κ2) is 26.0. The molecule has 0 spiro atoms. The summed E-state index contributed by atoms with van der Waals surface area (Å²) >= 11 is 0. The smallest absolute Gasteiger partial charge is 0.0236 e. The van der Waals surface area contributed by atoms with Gasteiger partial charge in [0.25, 0.3) is 0 Å². The van der Waals surface area contributed by atoms with E-state index in [0.29, 0.717) is 6.04 Å². The van der Waals surface area contributed by atoms with Gasteiger partial charge in [0.2, 0.25) is 0 Å². The molecule has 1 heterocycles. The standard InChI is InChI=1S/C11H15N.C6H10.C5H10.2CH3.2V/c1-9-7-10-5-3-4-6-11(10)8-12(9)2;1-3-5-6-4-2;1-3-5-4-2;;;;/h3-6,9H,7-8H2,1-2H3;3-5H,1,6H2,2H3;4H,1,3,5H2,2H3;2*1H3;;/q;2*-2;2*-1;;. The first-order valence-electron chi connectivity index (χ1n) is 8.66. The Bertz CT molecular complexity index is 388. The molecule has 1 aliphatic rings. The molecule has 1 aromatic carbocycles. The molecule has 0 aromatic heterocycles. The van der Waals surface area contributed by atoms with Crippen LogP contribution in [0.3, 0.4) is 0 Å². The van der Waals surface area contributed by atoms with E-state index in [1.165, 1.54) is 17.5 Å². The van der Waals surface area contributed by atoms with Crippen LogP contribution < -0.4 is 0 Å². The van der Waals surface area contributed by atoms with Crippen LogP contribution in [-0.2, 0) is 50.1 Å². The van der Waals surface area contributed by atoms with E-state index in [9.17, 15) is 0 Å². The number of hydrogen-bond acceptors (Lipinski definition) is 1. The topological polar surface area (TPSA) is 3.24 Å². The maximum atomic E-state index is 3.64. The molecule has 0 N–H and O–H groups in total. The van der Waals surface area contributed by atoms with Gasteiger partial charge in [-0.3, -0.25) is 11.0 Å². The first-order chi connectivity index (χ1) is 11.1. The van der Waals surface area contributed by atoms with Crippen LogP contribution in [0, 0.1) is 41.5 Å². The van der Waals surface area contributed by atoms with Gasteiger partial charge in [0, 0.05) is 49.7 Å². The molecular weight excluding hydrogens is 404 g/mol.